The molecule has 0 atom stereocenters. The first-order chi connectivity index (χ1) is 12.4. The highest BCUT2D eigenvalue weighted by molar-refractivity contribution is 9.10. The summed E-state index contributed by atoms with van der Waals surface area (Å²) in [4.78, 5) is 28.7. The zero-order valence-corrected chi connectivity index (χ0v) is 16.3. The van der Waals surface area contributed by atoms with Crippen LogP contribution in [0.2, 0.25) is 0 Å². The predicted molar refractivity (Wildman–Crippen MR) is 106 cm³/mol. The molecular weight excluding hydrogens is 396 g/mol. The SMILES string of the molecule is CCc1ccc(NC(C)=O)cc1NC(=O)c1c(C)nc2ccc(Br)cn12. The average Bonchev–Trinajstić information content (AvgIpc) is 2.89. The minimum absolute atomic E-state index is 0.158. The zero-order valence-electron chi connectivity index (χ0n) is 14.8. The Morgan fingerprint density at radius 3 is 2.65 bits per heavy atom. The van der Waals surface area contributed by atoms with Crippen LogP contribution in [0.5, 0.6) is 0 Å². The first kappa shape index (κ1) is 18.1. The smallest absolute Gasteiger partial charge is 0.274 e. The Labute approximate surface area is 159 Å². The molecule has 2 aromatic heterocycles. The summed E-state index contributed by atoms with van der Waals surface area (Å²) < 4.78 is 2.62. The van der Waals surface area contributed by atoms with Crippen LogP contribution < -0.4 is 10.6 Å². The number of hydrogen-bond donors (Lipinski definition) is 2. The lowest BCUT2D eigenvalue weighted by atomic mass is 10.1. The standard InChI is InChI=1S/C19H19BrN4O2/c1-4-13-5-7-15(22-12(3)25)9-16(13)23-19(26)18-11(2)21-17-8-6-14(20)10-24(17)18/h5-10H,4H2,1-3H3,(H,22,25)(H,23,26). The van der Waals surface area contributed by atoms with Gasteiger partial charge in [0.15, 0.2) is 0 Å². The Kier molecular flexibility index (Phi) is 5.08. The molecule has 26 heavy (non-hydrogen) atoms. The second kappa shape index (κ2) is 7.29. The van der Waals surface area contributed by atoms with Crippen LogP contribution in [0.1, 0.15) is 35.6 Å². The van der Waals surface area contributed by atoms with Crippen LogP contribution in [-0.2, 0) is 11.2 Å². The number of amides is 2. The minimum atomic E-state index is -0.247. The summed E-state index contributed by atoms with van der Waals surface area (Å²) in [6.07, 6.45) is 2.58. The number of rotatable bonds is 4. The number of benzene rings is 1. The quantitative estimate of drug-likeness (QED) is 0.672. The third kappa shape index (κ3) is 3.62. The molecule has 0 bridgehead atoms. The van der Waals surface area contributed by atoms with E-state index >= 15 is 0 Å². The molecule has 0 fully saturated rings. The number of aryl methyl sites for hydroxylation is 2. The predicted octanol–water partition coefficient (Wildman–Crippen LogP) is 4.18. The molecule has 0 spiro atoms. The second-order valence-corrected chi connectivity index (χ2v) is 6.90. The number of aromatic nitrogens is 2. The largest absolute Gasteiger partial charge is 0.326 e. The van der Waals surface area contributed by atoms with Crippen molar-refractivity contribution in [3.05, 3.63) is 58.0 Å². The summed E-state index contributed by atoms with van der Waals surface area (Å²) >= 11 is 3.43. The van der Waals surface area contributed by atoms with E-state index in [0.717, 1.165) is 16.5 Å². The van der Waals surface area contributed by atoms with E-state index in [0.29, 0.717) is 28.4 Å². The molecule has 0 radical (unpaired) electrons. The van der Waals surface area contributed by atoms with Crippen molar-refractivity contribution in [1.29, 1.82) is 0 Å². The number of pyridine rings is 1. The van der Waals surface area contributed by atoms with Gasteiger partial charge in [0.1, 0.15) is 11.3 Å². The Balaban J connectivity index is 1.99. The van der Waals surface area contributed by atoms with E-state index in [1.807, 2.05) is 44.3 Å². The van der Waals surface area contributed by atoms with Crippen molar-refractivity contribution < 1.29 is 9.59 Å². The highest BCUT2D eigenvalue weighted by atomic mass is 79.9. The van der Waals surface area contributed by atoms with E-state index < -0.39 is 0 Å². The van der Waals surface area contributed by atoms with E-state index in [1.54, 1.807) is 10.5 Å². The van der Waals surface area contributed by atoms with Crippen LogP contribution in [0.3, 0.4) is 0 Å². The third-order valence-corrected chi connectivity index (χ3v) is 4.50. The van der Waals surface area contributed by atoms with E-state index in [-0.39, 0.29) is 11.8 Å². The van der Waals surface area contributed by atoms with E-state index in [9.17, 15) is 9.59 Å². The number of nitrogens with zero attached hydrogens (tertiary/aromatic N) is 2. The molecule has 2 amide bonds. The van der Waals surface area contributed by atoms with Crippen molar-refractivity contribution in [3.63, 3.8) is 0 Å². The molecule has 0 aliphatic heterocycles. The molecule has 0 unspecified atom stereocenters. The Hall–Kier alpha value is -2.67. The van der Waals surface area contributed by atoms with Crippen molar-refractivity contribution in [2.45, 2.75) is 27.2 Å². The average molecular weight is 415 g/mol. The molecule has 0 aliphatic carbocycles. The van der Waals surface area contributed by atoms with Gasteiger partial charge in [0.05, 0.1) is 5.69 Å². The van der Waals surface area contributed by atoms with Gasteiger partial charge < -0.3 is 10.6 Å². The van der Waals surface area contributed by atoms with Gasteiger partial charge in [-0.2, -0.15) is 0 Å². The van der Waals surface area contributed by atoms with Gasteiger partial charge in [-0.15, -0.1) is 0 Å². The Bertz CT molecular complexity index is 1010. The fourth-order valence-electron chi connectivity index (χ4n) is 2.87. The van der Waals surface area contributed by atoms with Crippen LogP contribution in [0.25, 0.3) is 5.65 Å². The van der Waals surface area contributed by atoms with Gasteiger partial charge in [-0.25, -0.2) is 4.98 Å². The number of imidazole rings is 1. The molecule has 0 saturated carbocycles. The van der Waals surface area contributed by atoms with E-state index in [2.05, 4.69) is 31.5 Å². The van der Waals surface area contributed by atoms with Crippen molar-refractivity contribution in [3.8, 4) is 0 Å². The first-order valence-electron chi connectivity index (χ1n) is 8.25. The maximum absolute atomic E-state index is 12.9. The van der Waals surface area contributed by atoms with Crippen molar-refractivity contribution >= 4 is 44.8 Å². The molecule has 2 N–H and O–H groups in total. The molecule has 0 aliphatic rings. The normalized spacial score (nSPS) is 10.8. The number of hydrogen-bond acceptors (Lipinski definition) is 3. The van der Waals surface area contributed by atoms with Crippen LogP contribution in [-0.4, -0.2) is 21.2 Å². The number of halogens is 1. The summed E-state index contributed by atoms with van der Waals surface area (Å²) in [5.41, 5.74) is 4.14. The summed E-state index contributed by atoms with van der Waals surface area (Å²) in [6, 6.07) is 9.23. The molecule has 0 saturated heterocycles. The molecule has 6 nitrogen and oxygen atoms in total. The molecular formula is C19H19BrN4O2. The summed E-state index contributed by atoms with van der Waals surface area (Å²) in [7, 11) is 0. The number of carbonyl (C=O) groups excluding carboxylic acids is 2. The van der Waals surface area contributed by atoms with Crippen LogP contribution in [0, 0.1) is 6.92 Å². The molecule has 3 rings (SSSR count). The third-order valence-electron chi connectivity index (χ3n) is 4.03. The van der Waals surface area contributed by atoms with Crippen molar-refractivity contribution in [2.75, 3.05) is 10.6 Å². The van der Waals surface area contributed by atoms with E-state index in [4.69, 9.17) is 0 Å². The van der Waals surface area contributed by atoms with Crippen molar-refractivity contribution in [2.24, 2.45) is 0 Å². The van der Waals surface area contributed by atoms with Gasteiger partial charge in [-0.1, -0.05) is 13.0 Å². The lowest BCUT2D eigenvalue weighted by molar-refractivity contribution is -0.114. The molecule has 134 valence electrons. The summed E-state index contributed by atoms with van der Waals surface area (Å²) in [5.74, 6) is -0.406. The minimum Gasteiger partial charge on any atom is -0.326 e. The zero-order chi connectivity index (χ0) is 18.8. The van der Waals surface area contributed by atoms with Gasteiger partial charge in [-0.3, -0.25) is 14.0 Å². The van der Waals surface area contributed by atoms with Crippen LogP contribution >= 0.6 is 15.9 Å². The maximum atomic E-state index is 12.9. The van der Waals surface area contributed by atoms with Gasteiger partial charge in [-0.05, 0) is 59.1 Å². The molecule has 7 heteroatoms. The fourth-order valence-corrected chi connectivity index (χ4v) is 3.21. The number of anilines is 2. The maximum Gasteiger partial charge on any atom is 0.274 e. The highest BCUT2D eigenvalue weighted by Crippen LogP contribution is 2.24. The van der Waals surface area contributed by atoms with E-state index in [1.165, 1.54) is 6.92 Å². The molecule has 1 aromatic carbocycles. The fraction of sp³-hybridized carbons (Fsp3) is 0.211. The van der Waals surface area contributed by atoms with Gasteiger partial charge in [0.25, 0.3) is 5.91 Å². The number of fused-ring (bicyclic) bond motifs is 1. The second-order valence-electron chi connectivity index (χ2n) is 5.98. The van der Waals surface area contributed by atoms with Crippen molar-refractivity contribution in [1.82, 2.24) is 9.38 Å². The number of carbonyl (C=O) groups is 2. The first-order valence-corrected chi connectivity index (χ1v) is 9.04. The van der Waals surface area contributed by atoms with Gasteiger partial charge in [0.2, 0.25) is 5.91 Å². The number of nitrogens with one attached hydrogen (secondary N) is 2. The summed E-state index contributed by atoms with van der Waals surface area (Å²) in [6.45, 7) is 5.27. The Morgan fingerprint density at radius 2 is 1.96 bits per heavy atom. The topological polar surface area (TPSA) is 75.5 Å². The van der Waals surface area contributed by atoms with Crippen LogP contribution in [0.4, 0.5) is 11.4 Å². The Morgan fingerprint density at radius 1 is 1.19 bits per heavy atom. The van der Waals surface area contributed by atoms with Gasteiger partial charge >= 0.3 is 0 Å². The highest BCUT2D eigenvalue weighted by Gasteiger charge is 2.18. The molecule has 3 aromatic rings. The monoisotopic (exact) mass is 414 g/mol. The summed E-state index contributed by atoms with van der Waals surface area (Å²) in [5, 5.41) is 5.70. The molecule has 2 heterocycles. The lowest BCUT2D eigenvalue weighted by Gasteiger charge is -2.13. The van der Waals surface area contributed by atoms with Gasteiger partial charge in [0, 0.05) is 29.0 Å². The lowest BCUT2D eigenvalue weighted by Crippen LogP contribution is -2.17. The van der Waals surface area contributed by atoms with Crippen LogP contribution in [0.15, 0.2) is 41.0 Å².